The van der Waals surface area contributed by atoms with E-state index in [0.717, 1.165) is 5.56 Å². The highest BCUT2D eigenvalue weighted by molar-refractivity contribution is 14.1. The number of hydrogen-bond donors (Lipinski definition) is 2. The molecule has 0 bridgehead atoms. The molecular weight excluding hydrogens is 348 g/mol. The number of carboxylic acids is 1. The Kier molecular flexibility index (Phi) is 3.51. The Balaban J connectivity index is 2.59. The van der Waals surface area contributed by atoms with Crippen LogP contribution in [-0.2, 0) is 0 Å². The van der Waals surface area contributed by atoms with Gasteiger partial charge < -0.3 is 10.8 Å². The van der Waals surface area contributed by atoms with Crippen molar-refractivity contribution in [2.24, 2.45) is 0 Å². The molecule has 0 heterocycles. The fourth-order valence-electron chi connectivity index (χ4n) is 1.60. The lowest BCUT2D eigenvalue weighted by Gasteiger charge is -2.08. The molecular formula is C13H9FINO2. The molecule has 0 radical (unpaired) electrons. The number of carbonyl (C=O) groups is 1. The van der Waals surface area contributed by atoms with Crippen LogP contribution in [0.25, 0.3) is 11.1 Å². The van der Waals surface area contributed by atoms with Gasteiger partial charge in [0.15, 0.2) is 0 Å². The zero-order valence-electron chi connectivity index (χ0n) is 9.15. The van der Waals surface area contributed by atoms with Gasteiger partial charge in [-0.3, -0.25) is 0 Å². The molecule has 0 saturated heterocycles. The molecule has 18 heavy (non-hydrogen) atoms. The van der Waals surface area contributed by atoms with Crippen molar-refractivity contribution < 1.29 is 14.3 Å². The van der Waals surface area contributed by atoms with Crippen LogP contribution >= 0.6 is 22.6 Å². The summed E-state index contributed by atoms with van der Waals surface area (Å²) in [4.78, 5) is 11.1. The zero-order chi connectivity index (χ0) is 13.3. The molecule has 0 atom stereocenters. The number of benzene rings is 2. The molecule has 2 aromatic rings. The van der Waals surface area contributed by atoms with E-state index >= 15 is 0 Å². The van der Waals surface area contributed by atoms with Gasteiger partial charge in [-0.1, -0.05) is 12.1 Å². The van der Waals surface area contributed by atoms with E-state index < -0.39 is 5.97 Å². The minimum absolute atomic E-state index is 0.0567. The second-order valence-corrected chi connectivity index (χ2v) is 4.89. The van der Waals surface area contributed by atoms with Crippen LogP contribution in [0.5, 0.6) is 0 Å². The van der Waals surface area contributed by atoms with Crippen molar-refractivity contribution in [2.45, 2.75) is 0 Å². The first kappa shape index (κ1) is 12.8. The van der Waals surface area contributed by atoms with Crippen LogP contribution in [0.3, 0.4) is 0 Å². The number of halogens is 2. The monoisotopic (exact) mass is 357 g/mol. The molecule has 2 rings (SSSR count). The lowest BCUT2D eigenvalue weighted by atomic mass is 10.0. The highest BCUT2D eigenvalue weighted by Gasteiger charge is 2.13. The van der Waals surface area contributed by atoms with Crippen molar-refractivity contribution in [1.29, 1.82) is 0 Å². The molecule has 0 fully saturated rings. The number of carboxylic acid groups (broad SMARTS) is 1. The van der Waals surface area contributed by atoms with Gasteiger partial charge in [-0.2, -0.15) is 0 Å². The van der Waals surface area contributed by atoms with Crippen molar-refractivity contribution in [3.8, 4) is 11.1 Å². The third-order valence-electron chi connectivity index (χ3n) is 2.54. The fraction of sp³-hybridized carbons (Fsp3) is 0. The number of aromatic carboxylic acids is 1. The molecule has 0 aliphatic heterocycles. The number of hydrogen-bond acceptors (Lipinski definition) is 2. The summed E-state index contributed by atoms with van der Waals surface area (Å²) in [7, 11) is 0. The molecule has 3 N–H and O–H groups in total. The Morgan fingerprint density at radius 3 is 2.33 bits per heavy atom. The van der Waals surface area contributed by atoms with Gasteiger partial charge in [0, 0.05) is 3.57 Å². The van der Waals surface area contributed by atoms with Crippen molar-refractivity contribution in [3.05, 3.63) is 51.3 Å². The second kappa shape index (κ2) is 4.93. The third-order valence-corrected chi connectivity index (χ3v) is 3.43. The molecule has 2 aromatic carbocycles. The van der Waals surface area contributed by atoms with Crippen molar-refractivity contribution in [3.63, 3.8) is 0 Å². The highest BCUT2D eigenvalue weighted by atomic mass is 127. The van der Waals surface area contributed by atoms with Gasteiger partial charge in [-0.15, -0.1) is 0 Å². The van der Waals surface area contributed by atoms with E-state index in [9.17, 15) is 9.18 Å². The SMILES string of the molecule is Nc1c(I)cc(-c2ccc(F)cc2)cc1C(=O)O. The van der Waals surface area contributed by atoms with E-state index in [1.807, 2.05) is 22.6 Å². The molecule has 3 nitrogen and oxygen atoms in total. The lowest BCUT2D eigenvalue weighted by molar-refractivity contribution is 0.0698. The summed E-state index contributed by atoms with van der Waals surface area (Å²) in [6.45, 7) is 0. The van der Waals surface area contributed by atoms with Gasteiger partial charge in [0.1, 0.15) is 5.82 Å². The predicted molar refractivity (Wildman–Crippen MR) is 75.9 cm³/mol. The van der Waals surface area contributed by atoms with Gasteiger partial charge >= 0.3 is 5.97 Å². The molecule has 0 aliphatic carbocycles. The van der Waals surface area contributed by atoms with Gasteiger partial charge in [0.05, 0.1) is 11.3 Å². The Labute approximate surface area is 117 Å². The molecule has 0 aromatic heterocycles. The van der Waals surface area contributed by atoms with Crippen LogP contribution in [0.4, 0.5) is 10.1 Å². The topological polar surface area (TPSA) is 63.3 Å². The molecule has 0 spiro atoms. The Hall–Kier alpha value is -1.63. The average molecular weight is 357 g/mol. The molecule has 0 saturated carbocycles. The van der Waals surface area contributed by atoms with E-state index in [1.54, 1.807) is 18.2 Å². The summed E-state index contributed by atoms with van der Waals surface area (Å²) in [5.74, 6) is -1.41. The number of anilines is 1. The number of rotatable bonds is 2. The van der Waals surface area contributed by atoms with Crippen LogP contribution < -0.4 is 5.73 Å². The first-order valence-corrected chi connectivity index (χ1v) is 6.15. The van der Waals surface area contributed by atoms with Crippen LogP contribution in [-0.4, -0.2) is 11.1 Å². The first-order chi connectivity index (χ1) is 8.49. The predicted octanol–water partition coefficient (Wildman–Crippen LogP) is 3.38. The van der Waals surface area contributed by atoms with Crippen molar-refractivity contribution in [2.75, 3.05) is 5.73 Å². The van der Waals surface area contributed by atoms with Gasteiger partial charge in [-0.05, 0) is 58.0 Å². The zero-order valence-corrected chi connectivity index (χ0v) is 11.3. The highest BCUT2D eigenvalue weighted by Crippen LogP contribution is 2.28. The van der Waals surface area contributed by atoms with Crippen LogP contribution in [0.1, 0.15) is 10.4 Å². The van der Waals surface area contributed by atoms with Gasteiger partial charge in [0.2, 0.25) is 0 Å². The smallest absolute Gasteiger partial charge is 0.337 e. The average Bonchev–Trinajstić information content (AvgIpc) is 2.33. The van der Waals surface area contributed by atoms with Crippen LogP contribution in [0.15, 0.2) is 36.4 Å². The maximum Gasteiger partial charge on any atom is 0.337 e. The normalized spacial score (nSPS) is 10.3. The summed E-state index contributed by atoms with van der Waals surface area (Å²) < 4.78 is 13.5. The largest absolute Gasteiger partial charge is 0.478 e. The maximum atomic E-state index is 12.8. The summed E-state index contributed by atoms with van der Waals surface area (Å²) in [6, 6.07) is 9.13. The minimum Gasteiger partial charge on any atom is -0.478 e. The quantitative estimate of drug-likeness (QED) is 0.640. The van der Waals surface area contributed by atoms with E-state index in [-0.39, 0.29) is 17.1 Å². The second-order valence-electron chi connectivity index (χ2n) is 3.73. The summed E-state index contributed by atoms with van der Waals surface area (Å²) in [5, 5.41) is 9.06. The number of nitrogens with two attached hydrogens (primary N) is 1. The van der Waals surface area contributed by atoms with E-state index in [2.05, 4.69) is 0 Å². The Morgan fingerprint density at radius 1 is 1.17 bits per heavy atom. The van der Waals surface area contributed by atoms with Gasteiger partial charge in [0.25, 0.3) is 0 Å². The van der Waals surface area contributed by atoms with Crippen molar-refractivity contribution >= 4 is 34.2 Å². The van der Waals surface area contributed by atoms with Crippen LogP contribution in [0, 0.1) is 9.39 Å². The van der Waals surface area contributed by atoms with Crippen molar-refractivity contribution in [1.82, 2.24) is 0 Å². The van der Waals surface area contributed by atoms with Gasteiger partial charge in [-0.25, -0.2) is 9.18 Å². The standard InChI is InChI=1S/C13H9FINO2/c14-9-3-1-7(2-4-9)8-5-10(13(17)18)12(16)11(15)6-8/h1-6H,16H2,(H,17,18). The minimum atomic E-state index is -1.07. The van der Waals surface area contributed by atoms with E-state index in [4.69, 9.17) is 10.8 Å². The van der Waals surface area contributed by atoms with E-state index in [1.165, 1.54) is 18.2 Å². The Morgan fingerprint density at radius 2 is 1.78 bits per heavy atom. The molecule has 5 heteroatoms. The number of nitrogen functional groups attached to an aromatic ring is 1. The molecule has 92 valence electrons. The third kappa shape index (κ3) is 2.45. The fourth-order valence-corrected chi connectivity index (χ4v) is 2.23. The summed E-state index contributed by atoms with van der Waals surface area (Å²) in [6.07, 6.45) is 0. The summed E-state index contributed by atoms with van der Waals surface area (Å²) in [5.41, 5.74) is 7.45. The molecule has 0 unspecified atom stereocenters. The van der Waals surface area contributed by atoms with E-state index in [0.29, 0.717) is 9.13 Å². The summed E-state index contributed by atoms with van der Waals surface area (Å²) >= 11 is 1.98. The van der Waals surface area contributed by atoms with Crippen LogP contribution in [0.2, 0.25) is 0 Å². The first-order valence-electron chi connectivity index (χ1n) is 5.07. The molecule has 0 aliphatic rings. The maximum absolute atomic E-state index is 12.8. The molecule has 0 amide bonds. The lowest BCUT2D eigenvalue weighted by Crippen LogP contribution is -2.04. The Bertz CT molecular complexity index is 611.